The number of urea groups is 1. The number of benzene rings is 1. The number of aryl methyl sites for hydroxylation is 1. The lowest BCUT2D eigenvalue weighted by molar-refractivity contribution is -0.135. The Morgan fingerprint density at radius 2 is 2.13 bits per heavy atom. The standard InChI is InChI=1S/C24H31N3O3S/c1-5-12-26(24(29)25-17(2)3)15-23(28)27-13-10-22-19(11-14-31-22)20(27)16-30-21-9-7-6-8-18(21)4/h5-9,11,14,17,20H,1,10,12-13,15-16H2,2-4H3,(H,25,29)/t20-/m0/s1. The first-order valence-corrected chi connectivity index (χ1v) is 11.5. The Morgan fingerprint density at radius 3 is 2.84 bits per heavy atom. The maximum atomic E-state index is 13.3. The van der Waals surface area contributed by atoms with Crippen molar-refractivity contribution in [3.63, 3.8) is 0 Å². The Balaban J connectivity index is 1.77. The van der Waals surface area contributed by atoms with Crippen molar-refractivity contribution >= 4 is 23.3 Å². The monoisotopic (exact) mass is 441 g/mol. The summed E-state index contributed by atoms with van der Waals surface area (Å²) < 4.78 is 6.14. The van der Waals surface area contributed by atoms with Gasteiger partial charge in [0.25, 0.3) is 0 Å². The number of para-hydroxylation sites is 1. The smallest absolute Gasteiger partial charge is 0.318 e. The van der Waals surface area contributed by atoms with Gasteiger partial charge in [-0.25, -0.2) is 4.79 Å². The zero-order valence-electron chi connectivity index (χ0n) is 18.5. The highest BCUT2D eigenvalue weighted by Gasteiger charge is 2.33. The number of ether oxygens (including phenoxy) is 1. The fourth-order valence-electron chi connectivity index (χ4n) is 3.73. The number of hydrogen-bond donors (Lipinski definition) is 1. The van der Waals surface area contributed by atoms with E-state index in [1.54, 1.807) is 17.4 Å². The van der Waals surface area contributed by atoms with Crippen molar-refractivity contribution < 1.29 is 14.3 Å². The summed E-state index contributed by atoms with van der Waals surface area (Å²) in [6.07, 6.45) is 2.46. The molecule has 0 unspecified atom stereocenters. The van der Waals surface area contributed by atoms with Gasteiger partial charge in [-0.2, -0.15) is 0 Å². The van der Waals surface area contributed by atoms with Gasteiger partial charge in [0.15, 0.2) is 0 Å². The summed E-state index contributed by atoms with van der Waals surface area (Å²) in [6.45, 7) is 10.8. The van der Waals surface area contributed by atoms with Crippen LogP contribution in [0.2, 0.25) is 0 Å². The molecule has 166 valence electrons. The van der Waals surface area contributed by atoms with E-state index in [1.165, 1.54) is 9.78 Å². The molecule has 3 amide bonds. The summed E-state index contributed by atoms with van der Waals surface area (Å²) >= 11 is 1.72. The lowest BCUT2D eigenvalue weighted by Crippen LogP contribution is -2.50. The van der Waals surface area contributed by atoms with E-state index in [4.69, 9.17) is 4.74 Å². The fraction of sp³-hybridized carbons (Fsp3) is 0.417. The van der Waals surface area contributed by atoms with E-state index in [9.17, 15) is 9.59 Å². The molecule has 3 rings (SSSR count). The molecule has 6 nitrogen and oxygen atoms in total. The van der Waals surface area contributed by atoms with E-state index in [0.717, 1.165) is 23.3 Å². The Morgan fingerprint density at radius 1 is 1.35 bits per heavy atom. The van der Waals surface area contributed by atoms with Crippen molar-refractivity contribution in [2.45, 2.75) is 39.3 Å². The Hall–Kier alpha value is -2.80. The summed E-state index contributed by atoms with van der Waals surface area (Å²) in [6, 6.07) is 9.52. The molecule has 7 heteroatoms. The lowest BCUT2D eigenvalue weighted by Gasteiger charge is -2.37. The molecule has 1 aromatic carbocycles. The van der Waals surface area contributed by atoms with Crippen LogP contribution in [0.15, 0.2) is 48.4 Å². The van der Waals surface area contributed by atoms with Crippen molar-refractivity contribution in [1.82, 2.24) is 15.1 Å². The van der Waals surface area contributed by atoms with Gasteiger partial charge in [0.1, 0.15) is 18.9 Å². The van der Waals surface area contributed by atoms with E-state index in [2.05, 4.69) is 23.3 Å². The molecule has 31 heavy (non-hydrogen) atoms. The van der Waals surface area contributed by atoms with Crippen LogP contribution in [-0.4, -0.2) is 54.0 Å². The van der Waals surface area contributed by atoms with Gasteiger partial charge in [-0.1, -0.05) is 24.3 Å². The minimum Gasteiger partial charge on any atom is -0.491 e. The summed E-state index contributed by atoms with van der Waals surface area (Å²) in [4.78, 5) is 30.5. The first-order valence-electron chi connectivity index (χ1n) is 10.6. The minimum absolute atomic E-state index is 0.00487. The molecular weight excluding hydrogens is 410 g/mol. The van der Waals surface area contributed by atoms with Gasteiger partial charge in [0, 0.05) is 24.0 Å². The predicted molar refractivity (Wildman–Crippen MR) is 125 cm³/mol. The van der Waals surface area contributed by atoms with Crippen LogP contribution in [0.1, 0.15) is 35.9 Å². The van der Waals surface area contributed by atoms with Crippen LogP contribution in [0.4, 0.5) is 4.79 Å². The highest BCUT2D eigenvalue weighted by atomic mass is 32.1. The van der Waals surface area contributed by atoms with E-state index in [0.29, 0.717) is 19.7 Å². The summed E-state index contributed by atoms with van der Waals surface area (Å²) in [5.74, 6) is 0.734. The second-order valence-electron chi connectivity index (χ2n) is 8.00. The zero-order chi connectivity index (χ0) is 22.4. The number of fused-ring (bicyclic) bond motifs is 1. The van der Waals surface area contributed by atoms with Crippen LogP contribution >= 0.6 is 11.3 Å². The third kappa shape index (κ3) is 5.67. The van der Waals surface area contributed by atoms with Gasteiger partial charge < -0.3 is 19.9 Å². The SMILES string of the molecule is C=CCN(CC(=O)N1CCc2sccc2[C@@H]1COc1ccccc1C)C(=O)NC(C)C. The molecule has 0 saturated heterocycles. The van der Waals surface area contributed by atoms with E-state index < -0.39 is 0 Å². The second-order valence-corrected chi connectivity index (χ2v) is 9.00. The van der Waals surface area contributed by atoms with Crippen LogP contribution in [0, 0.1) is 6.92 Å². The Labute approximate surface area is 188 Å². The molecule has 1 aliphatic rings. The molecule has 1 aliphatic heterocycles. The average Bonchev–Trinajstić information content (AvgIpc) is 3.21. The molecule has 1 aromatic heterocycles. The summed E-state index contributed by atoms with van der Waals surface area (Å²) in [7, 11) is 0. The Bertz CT molecular complexity index is 924. The predicted octanol–water partition coefficient (Wildman–Crippen LogP) is 4.17. The first-order chi connectivity index (χ1) is 14.9. The van der Waals surface area contributed by atoms with E-state index in [1.807, 2.05) is 49.9 Å². The molecule has 0 bridgehead atoms. The number of hydrogen-bond acceptors (Lipinski definition) is 4. The molecule has 0 fully saturated rings. The Kier molecular flexibility index (Phi) is 7.74. The molecule has 0 radical (unpaired) electrons. The third-order valence-electron chi connectivity index (χ3n) is 5.28. The minimum atomic E-state index is -0.260. The average molecular weight is 442 g/mol. The maximum Gasteiger partial charge on any atom is 0.318 e. The van der Waals surface area contributed by atoms with Crippen LogP contribution < -0.4 is 10.1 Å². The number of nitrogens with zero attached hydrogens (tertiary/aromatic N) is 2. The zero-order valence-corrected chi connectivity index (χ0v) is 19.3. The number of amides is 3. The van der Waals surface area contributed by atoms with Crippen LogP contribution in [0.25, 0.3) is 0 Å². The van der Waals surface area contributed by atoms with Gasteiger partial charge in [0.2, 0.25) is 5.91 Å². The van der Waals surface area contributed by atoms with Gasteiger partial charge >= 0.3 is 6.03 Å². The highest BCUT2D eigenvalue weighted by Crippen LogP contribution is 2.34. The number of thiophene rings is 1. The topological polar surface area (TPSA) is 61.9 Å². The number of rotatable bonds is 8. The summed E-state index contributed by atoms with van der Waals surface area (Å²) in [5.41, 5.74) is 2.20. The second kappa shape index (κ2) is 10.5. The van der Waals surface area contributed by atoms with Gasteiger partial charge in [-0.15, -0.1) is 17.9 Å². The van der Waals surface area contributed by atoms with Gasteiger partial charge in [-0.05, 0) is 55.8 Å². The van der Waals surface area contributed by atoms with Gasteiger partial charge in [0.05, 0.1) is 6.04 Å². The molecule has 2 aromatic rings. The molecule has 0 aliphatic carbocycles. The highest BCUT2D eigenvalue weighted by molar-refractivity contribution is 7.10. The number of carbonyl (C=O) groups is 2. The van der Waals surface area contributed by atoms with E-state index in [-0.39, 0.29) is 30.6 Å². The van der Waals surface area contributed by atoms with Crippen molar-refractivity contribution in [3.8, 4) is 5.75 Å². The van der Waals surface area contributed by atoms with Crippen molar-refractivity contribution in [1.29, 1.82) is 0 Å². The number of nitrogens with one attached hydrogen (secondary N) is 1. The summed E-state index contributed by atoms with van der Waals surface area (Å²) in [5, 5.41) is 4.93. The van der Waals surface area contributed by atoms with Crippen LogP contribution in [0.5, 0.6) is 5.75 Å². The largest absolute Gasteiger partial charge is 0.491 e. The fourth-order valence-corrected chi connectivity index (χ4v) is 4.66. The maximum absolute atomic E-state index is 13.3. The molecule has 1 N–H and O–H groups in total. The van der Waals surface area contributed by atoms with Gasteiger partial charge in [-0.3, -0.25) is 4.79 Å². The van der Waals surface area contributed by atoms with E-state index >= 15 is 0 Å². The van der Waals surface area contributed by atoms with Crippen LogP contribution in [0.3, 0.4) is 0 Å². The quantitative estimate of drug-likeness (QED) is 0.626. The molecule has 1 atom stereocenters. The third-order valence-corrected chi connectivity index (χ3v) is 6.28. The molecule has 0 saturated carbocycles. The molecule has 2 heterocycles. The number of carbonyl (C=O) groups excluding carboxylic acids is 2. The first kappa shape index (κ1) is 22.9. The lowest BCUT2D eigenvalue weighted by atomic mass is 10.0. The van der Waals surface area contributed by atoms with Crippen molar-refractivity contribution in [3.05, 3.63) is 64.4 Å². The normalized spacial score (nSPS) is 15.4. The van der Waals surface area contributed by atoms with Crippen LogP contribution in [-0.2, 0) is 11.2 Å². The van der Waals surface area contributed by atoms with Crippen molar-refractivity contribution in [2.24, 2.45) is 0 Å². The van der Waals surface area contributed by atoms with Crippen molar-refractivity contribution in [2.75, 3.05) is 26.2 Å². The molecule has 0 spiro atoms. The molecular formula is C24H31N3O3S.